The maximum absolute atomic E-state index is 11.3. The van der Waals surface area contributed by atoms with E-state index in [1.54, 1.807) is 18.3 Å². The minimum Gasteiger partial charge on any atom is -0.364 e. The van der Waals surface area contributed by atoms with Crippen molar-refractivity contribution in [2.75, 3.05) is 17.2 Å². The van der Waals surface area contributed by atoms with E-state index in [1.165, 1.54) is 12.1 Å². The Bertz CT molecular complexity index is 1020. The first-order valence-electron chi connectivity index (χ1n) is 8.75. The average molecular weight is 398 g/mol. The molecule has 0 saturated heterocycles. The highest BCUT2D eigenvalue weighted by Gasteiger charge is 2.07. The molecule has 0 radical (unpaired) electrons. The van der Waals surface area contributed by atoms with Crippen LogP contribution in [-0.2, 0) is 23.0 Å². The van der Waals surface area contributed by atoms with E-state index in [0.29, 0.717) is 25.5 Å². The standard InChI is InChI=1S/C19H22N6O2S/c1-14-12-18(23-13-16-4-2-3-10-21-16)25-19(24-14)22-11-9-15-5-7-17(8-6-15)28(20,26)27/h2-8,10,12H,9,11,13H2,1H3,(H2,20,26,27)(H2,22,23,24,25). The van der Waals surface area contributed by atoms with Gasteiger partial charge in [-0.25, -0.2) is 18.5 Å². The molecule has 0 bridgehead atoms. The fraction of sp³-hybridized carbons (Fsp3) is 0.211. The molecule has 2 aromatic heterocycles. The molecule has 0 spiro atoms. The summed E-state index contributed by atoms with van der Waals surface area (Å²) in [5.41, 5.74) is 2.76. The van der Waals surface area contributed by atoms with Gasteiger partial charge in [0.15, 0.2) is 0 Å². The van der Waals surface area contributed by atoms with Crippen LogP contribution in [0.2, 0.25) is 0 Å². The Hall–Kier alpha value is -3.04. The Kier molecular flexibility index (Phi) is 6.17. The number of rotatable bonds is 8. The highest BCUT2D eigenvalue weighted by atomic mass is 32.2. The van der Waals surface area contributed by atoms with E-state index in [9.17, 15) is 8.42 Å². The maximum Gasteiger partial charge on any atom is 0.238 e. The lowest BCUT2D eigenvalue weighted by Gasteiger charge is -2.10. The van der Waals surface area contributed by atoms with E-state index < -0.39 is 10.0 Å². The number of nitrogens with two attached hydrogens (primary N) is 1. The summed E-state index contributed by atoms with van der Waals surface area (Å²) in [6.07, 6.45) is 2.45. The number of benzene rings is 1. The number of nitrogens with one attached hydrogen (secondary N) is 2. The molecule has 0 aliphatic carbocycles. The van der Waals surface area contributed by atoms with E-state index in [4.69, 9.17) is 5.14 Å². The van der Waals surface area contributed by atoms with Crippen molar-refractivity contribution in [1.82, 2.24) is 15.0 Å². The van der Waals surface area contributed by atoms with Crippen molar-refractivity contribution >= 4 is 21.8 Å². The number of hydrogen-bond donors (Lipinski definition) is 3. The van der Waals surface area contributed by atoms with E-state index >= 15 is 0 Å². The highest BCUT2D eigenvalue weighted by Crippen LogP contribution is 2.12. The van der Waals surface area contributed by atoms with Crippen molar-refractivity contribution < 1.29 is 8.42 Å². The van der Waals surface area contributed by atoms with Crippen LogP contribution in [0.15, 0.2) is 59.6 Å². The third kappa shape index (κ3) is 5.73. The summed E-state index contributed by atoms with van der Waals surface area (Å²) < 4.78 is 22.6. The van der Waals surface area contributed by atoms with Gasteiger partial charge in [-0.2, -0.15) is 4.98 Å². The average Bonchev–Trinajstić information content (AvgIpc) is 2.67. The van der Waals surface area contributed by atoms with Crippen LogP contribution in [0.5, 0.6) is 0 Å². The Morgan fingerprint density at radius 2 is 1.82 bits per heavy atom. The van der Waals surface area contributed by atoms with Crippen molar-refractivity contribution in [2.24, 2.45) is 5.14 Å². The molecule has 0 fully saturated rings. The summed E-state index contributed by atoms with van der Waals surface area (Å²) in [7, 11) is -3.67. The van der Waals surface area contributed by atoms with E-state index in [1.807, 2.05) is 31.2 Å². The van der Waals surface area contributed by atoms with Crippen LogP contribution in [0.1, 0.15) is 17.0 Å². The summed E-state index contributed by atoms with van der Waals surface area (Å²) in [5, 5.41) is 11.6. The molecule has 8 nitrogen and oxygen atoms in total. The zero-order valence-corrected chi connectivity index (χ0v) is 16.3. The van der Waals surface area contributed by atoms with Crippen molar-refractivity contribution in [2.45, 2.75) is 24.8 Å². The fourth-order valence-corrected chi connectivity index (χ4v) is 3.10. The molecule has 3 aromatic rings. The second-order valence-corrected chi connectivity index (χ2v) is 7.82. The van der Waals surface area contributed by atoms with Crippen LogP contribution in [-0.4, -0.2) is 29.9 Å². The number of nitrogens with zero attached hydrogens (tertiary/aromatic N) is 3. The van der Waals surface area contributed by atoms with Gasteiger partial charge in [0.1, 0.15) is 5.82 Å². The normalized spacial score (nSPS) is 11.2. The first-order valence-corrected chi connectivity index (χ1v) is 10.3. The molecule has 146 valence electrons. The Morgan fingerprint density at radius 3 is 2.50 bits per heavy atom. The van der Waals surface area contributed by atoms with Crippen molar-refractivity contribution in [3.05, 3.63) is 71.7 Å². The van der Waals surface area contributed by atoms with Crippen LogP contribution in [0.3, 0.4) is 0 Å². The Balaban J connectivity index is 1.56. The van der Waals surface area contributed by atoms with Gasteiger partial charge in [0.2, 0.25) is 16.0 Å². The molecular formula is C19H22N6O2S. The summed E-state index contributed by atoms with van der Waals surface area (Å²) in [6.45, 7) is 3.09. The second kappa shape index (κ2) is 8.77. The van der Waals surface area contributed by atoms with E-state index in [-0.39, 0.29) is 4.90 Å². The second-order valence-electron chi connectivity index (χ2n) is 6.26. The molecule has 0 aliphatic rings. The smallest absolute Gasteiger partial charge is 0.238 e. The lowest BCUT2D eigenvalue weighted by molar-refractivity contribution is 0.598. The van der Waals surface area contributed by atoms with Gasteiger partial charge in [0.25, 0.3) is 0 Å². The van der Waals surface area contributed by atoms with Gasteiger partial charge in [0.05, 0.1) is 17.1 Å². The molecule has 0 unspecified atom stereocenters. The zero-order valence-electron chi connectivity index (χ0n) is 15.5. The number of anilines is 2. The minimum atomic E-state index is -3.67. The molecular weight excluding hydrogens is 376 g/mol. The third-order valence-corrected chi connectivity index (χ3v) is 4.91. The maximum atomic E-state index is 11.3. The first-order chi connectivity index (χ1) is 13.4. The molecule has 4 N–H and O–H groups in total. The minimum absolute atomic E-state index is 0.106. The number of aryl methyl sites for hydroxylation is 1. The topological polar surface area (TPSA) is 123 Å². The number of primary sulfonamides is 1. The fourth-order valence-electron chi connectivity index (χ4n) is 2.59. The van der Waals surface area contributed by atoms with Crippen molar-refractivity contribution in [3.8, 4) is 0 Å². The molecule has 2 heterocycles. The molecule has 0 saturated carbocycles. The molecule has 0 amide bonds. The van der Waals surface area contributed by atoms with E-state index in [0.717, 1.165) is 22.8 Å². The number of hydrogen-bond acceptors (Lipinski definition) is 7. The molecule has 0 aliphatic heterocycles. The zero-order chi connectivity index (χ0) is 20.0. The van der Waals surface area contributed by atoms with Gasteiger partial charge in [-0.05, 0) is 43.2 Å². The number of aromatic nitrogens is 3. The molecule has 9 heteroatoms. The van der Waals surface area contributed by atoms with Crippen molar-refractivity contribution in [3.63, 3.8) is 0 Å². The highest BCUT2D eigenvalue weighted by molar-refractivity contribution is 7.89. The largest absolute Gasteiger partial charge is 0.364 e. The van der Waals surface area contributed by atoms with Gasteiger partial charge in [-0.15, -0.1) is 0 Å². The van der Waals surface area contributed by atoms with Crippen LogP contribution in [0.25, 0.3) is 0 Å². The van der Waals surface area contributed by atoms with Gasteiger partial charge >= 0.3 is 0 Å². The van der Waals surface area contributed by atoms with Crippen LogP contribution >= 0.6 is 0 Å². The molecule has 1 aromatic carbocycles. The molecule has 0 atom stereocenters. The van der Waals surface area contributed by atoms with E-state index in [2.05, 4.69) is 25.6 Å². The van der Waals surface area contributed by atoms with Crippen molar-refractivity contribution in [1.29, 1.82) is 0 Å². The summed E-state index contributed by atoms with van der Waals surface area (Å²) in [6, 6.07) is 14.2. The summed E-state index contributed by atoms with van der Waals surface area (Å²) >= 11 is 0. The first kappa shape index (κ1) is 19.7. The van der Waals surface area contributed by atoms with Gasteiger partial charge in [-0.3, -0.25) is 4.98 Å². The summed E-state index contributed by atoms with van der Waals surface area (Å²) in [5.74, 6) is 1.25. The SMILES string of the molecule is Cc1cc(NCc2ccccn2)nc(NCCc2ccc(S(N)(=O)=O)cc2)n1. The lowest BCUT2D eigenvalue weighted by Crippen LogP contribution is -2.12. The quantitative estimate of drug-likeness (QED) is 0.531. The number of sulfonamides is 1. The predicted octanol–water partition coefficient (Wildman–Crippen LogP) is 2.09. The summed E-state index contributed by atoms with van der Waals surface area (Å²) in [4.78, 5) is 13.2. The van der Waals surface area contributed by atoms with Crippen LogP contribution in [0, 0.1) is 6.92 Å². The van der Waals surface area contributed by atoms with Gasteiger partial charge in [-0.1, -0.05) is 18.2 Å². The monoisotopic (exact) mass is 398 g/mol. The molecule has 3 rings (SSSR count). The third-order valence-electron chi connectivity index (χ3n) is 3.98. The van der Waals surface area contributed by atoms with Gasteiger partial charge < -0.3 is 10.6 Å². The van der Waals surface area contributed by atoms with Gasteiger partial charge in [0, 0.05) is 24.5 Å². The predicted molar refractivity (Wildman–Crippen MR) is 108 cm³/mol. The number of pyridine rings is 1. The van der Waals surface area contributed by atoms with Crippen LogP contribution < -0.4 is 15.8 Å². The Labute approximate surface area is 164 Å². The molecule has 28 heavy (non-hydrogen) atoms. The van der Waals surface area contributed by atoms with Crippen LogP contribution in [0.4, 0.5) is 11.8 Å². The lowest BCUT2D eigenvalue weighted by atomic mass is 10.1. The Morgan fingerprint density at radius 1 is 1.04 bits per heavy atom.